The molecule has 10 nitrogen and oxygen atoms in total. The highest BCUT2D eigenvalue weighted by atomic mass is 16.4. The quantitative estimate of drug-likeness (QED) is 0.115. The molecule has 0 aromatic carbocycles. The van der Waals surface area contributed by atoms with Crippen LogP contribution < -0.4 is 5.32 Å². The Morgan fingerprint density at radius 1 is 0.706 bits per heavy atom. The van der Waals surface area contributed by atoms with Gasteiger partial charge in [0.15, 0.2) is 0 Å². The number of nitrogens with one attached hydrogen (secondary N) is 1. The fourth-order valence-corrected chi connectivity index (χ4v) is 3.37. The van der Waals surface area contributed by atoms with Crippen molar-refractivity contribution in [1.82, 2.24) is 10.2 Å². The van der Waals surface area contributed by atoms with E-state index in [1.54, 1.807) is 4.90 Å². The van der Waals surface area contributed by atoms with Crippen LogP contribution in [0.5, 0.6) is 0 Å². The van der Waals surface area contributed by atoms with E-state index >= 15 is 0 Å². The van der Waals surface area contributed by atoms with Crippen LogP contribution in [-0.4, -0.2) is 100 Å². The van der Waals surface area contributed by atoms with Crippen LogP contribution in [0.3, 0.4) is 0 Å². The van der Waals surface area contributed by atoms with Crippen LogP contribution >= 0.6 is 0 Å². The first-order chi connectivity index (χ1) is 16.3. The lowest BCUT2D eigenvalue weighted by molar-refractivity contribution is -0.139. The van der Waals surface area contributed by atoms with Gasteiger partial charge >= 0.3 is 11.9 Å². The molecule has 0 rings (SSSR count). The number of unbranched alkanes of at least 4 members (excludes halogenated alkanes) is 8. The lowest BCUT2D eigenvalue weighted by Gasteiger charge is -2.17. The molecule has 1 unspecified atom stereocenters. The summed E-state index contributed by atoms with van der Waals surface area (Å²) >= 11 is 0. The number of aliphatic hydroxyl groups excluding tert-OH is 3. The van der Waals surface area contributed by atoms with Gasteiger partial charge in [0.2, 0.25) is 0 Å². The van der Waals surface area contributed by atoms with Gasteiger partial charge < -0.3 is 30.8 Å². The number of carboxylic acid groups (broad SMARTS) is 2. The van der Waals surface area contributed by atoms with E-state index in [-0.39, 0.29) is 45.0 Å². The van der Waals surface area contributed by atoms with Gasteiger partial charge in [-0.1, -0.05) is 58.3 Å². The fourth-order valence-electron chi connectivity index (χ4n) is 3.37. The van der Waals surface area contributed by atoms with Crippen LogP contribution in [0.1, 0.15) is 84.0 Å². The van der Waals surface area contributed by atoms with Crippen molar-refractivity contribution in [3.05, 3.63) is 0 Å². The molecule has 0 aromatic rings. The zero-order valence-corrected chi connectivity index (χ0v) is 20.9. The Bertz CT molecular complexity index is 491. The Labute approximate surface area is 204 Å². The Kier molecular flexibility index (Phi) is 26.5. The van der Waals surface area contributed by atoms with Crippen molar-refractivity contribution in [3.63, 3.8) is 0 Å². The maximum atomic E-state index is 12.1. The standard InChI is InChI=1S/C18H33NO5.C6H15NO3/c1-2-3-4-5-6-7-8-9-10-11-16(20)15(14-18(23)24)19-13-12-17(21)22;8-4-1-7(2-5-9)3-6-10/h15,19H,2-14H2,1H3,(H,21,22)(H,23,24);8-10H,1-6H2. The van der Waals surface area contributed by atoms with Gasteiger partial charge in [0.1, 0.15) is 5.78 Å². The third-order valence-electron chi connectivity index (χ3n) is 5.27. The van der Waals surface area contributed by atoms with Crippen molar-refractivity contribution in [2.75, 3.05) is 46.0 Å². The van der Waals surface area contributed by atoms with Crippen molar-refractivity contribution in [2.24, 2.45) is 0 Å². The lowest BCUT2D eigenvalue weighted by Crippen LogP contribution is -2.39. The molecule has 0 amide bonds. The molecular formula is C24H48N2O8. The number of carbonyl (C=O) groups is 3. The number of hydrogen-bond acceptors (Lipinski definition) is 8. The molecule has 0 aliphatic carbocycles. The smallest absolute Gasteiger partial charge is 0.305 e. The van der Waals surface area contributed by atoms with Gasteiger partial charge in [-0.05, 0) is 6.42 Å². The van der Waals surface area contributed by atoms with Gasteiger partial charge in [-0.3, -0.25) is 19.3 Å². The molecule has 0 heterocycles. The predicted octanol–water partition coefficient (Wildman–Crippen LogP) is 1.65. The normalized spacial score (nSPS) is 11.7. The van der Waals surface area contributed by atoms with E-state index in [0.29, 0.717) is 26.1 Å². The van der Waals surface area contributed by atoms with E-state index in [1.165, 1.54) is 38.5 Å². The van der Waals surface area contributed by atoms with Crippen molar-refractivity contribution in [2.45, 2.75) is 90.0 Å². The Morgan fingerprint density at radius 3 is 1.59 bits per heavy atom. The number of ketones is 1. The van der Waals surface area contributed by atoms with E-state index in [2.05, 4.69) is 12.2 Å². The monoisotopic (exact) mass is 492 g/mol. The van der Waals surface area contributed by atoms with Crippen molar-refractivity contribution >= 4 is 17.7 Å². The van der Waals surface area contributed by atoms with Crippen LogP contribution in [0.4, 0.5) is 0 Å². The highest BCUT2D eigenvalue weighted by Gasteiger charge is 2.20. The van der Waals surface area contributed by atoms with Gasteiger partial charge in [-0.2, -0.15) is 0 Å². The summed E-state index contributed by atoms with van der Waals surface area (Å²) in [6.45, 7) is 4.06. The molecule has 0 saturated carbocycles. The van der Waals surface area contributed by atoms with E-state index in [1.807, 2.05) is 0 Å². The minimum atomic E-state index is -1.05. The van der Waals surface area contributed by atoms with Crippen LogP contribution in [0.15, 0.2) is 0 Å². The van der Waals surface area contributed by atoms with Crippen molar-refractivity contribution < 1.29 is 39.9 Å². The first kappa shape index (κ1) is 34.6. The molecular weight excluding hydrogens is 444 g/mol. The van der Waals surface area contributed by atoms with E-state index in [9.17, 15) is 14.4 Å². The summed E-state index contributed by atoms with van der Waals surface area (Å²) in [6, 6.07) is -0.782. The highest BCUT2D eigenvalue weighted by molar-refractivity contribution is 5.87. The molecule has 34 heavy (non-hydrogen) atoms. The molecule has 0 aromatic heterocycles. The maximum Gasteiger partial charge on any atom is 0.305 e. The lowest BCUT2D eigenvalue weighted by atomic mass is 10.0. The molecule has 6 N–H and O–H groups in total. The summed E-state index contributed by atoms with van der Waals surface area (Å²) in [5, 5.41) is 45.7. The SMILES string of the molecule is CCCCCCCCCCCC(=O)C(CC(=O)O)NCCC(=O)O.OCCN(CCO)CCO. The number of carbonyl (C=O) groups excluding carboxylic acids is 1. The minimum absolute atomic E-state index is 0.0694. The summed E-state index contributed by atoms with van der Waals surface area (Å²) in [5.74, 6) is -2.16. The largest absolute Gasteiger partial charge is 0.481 e. The second-order valence-electron chi connectivity index (χ2n) is 8.31. The first-order valence-electron chi connectivity index (χ1n) is 12.6. The number of aliphatic hydroxyl groups is 3. The van der Waals surface area contributed by atoms with Gasteiger partial charge in [-0.15, -0.1) is 0 Å². The topological polar surface area (TPSA) is 168 Å². The van der Waals surface area contributed by atoms with Crippen LogP contribution in [-0.2, 0) is 14.4 Å². The van der Waals surface area contributed by atoms with Gasteiger partial charge in [-0.25, -0.2) is 0 Å². The molecule has 0 radical (unpaired) electrons. The summed E-state index contributed by atoms with van der Waals surface area (Å²) in [5.41, 5.74) is 0. The molecule has 0 saturated heterocycles. The predicted molar refractivity (Wildman–Crippen MR) is 131 cm³/mol. The number of Topliss-reactive ketones (excluding diaryl/α,β-unsaturated/α-hetero) is 1. The molecule has 10 heteroatoms. The van der Waals surface area contributed by atoms with Crippen molar-refractivity contribution in [3.8, 4) is 0 Å². The maximum absolute atomic E-state index is 12.1. The van der Waals surface area contributed by atoms with Gasteiger partial charge in [0.25, 0.3) is 0 Å². The molecule has 1 atom stereocenters. The second-order valence-corrected chi connectivity index (χ2v) is 8.31. The Hall–Kier alpha value is -1.59. The summed E-state index contributed by atoms with van der Waals surface area (Å²) < 4.78 is 0. The molecule has 0 aliphatic heterocycles. The number of rotatable bonds is 23. The van der Waals surface area contributed by atoms with Gasteiger partial charge in [0, 0.05) is 32.6 Å². The van der Waals surface area contributed by atoms with Crippen LogP contribution in [0, 0.1) is 0 Å². The van der Waals surface area contributed by atoms with Gasteiger partial charge in [0.05, 0.1) is 38.7 Å². The molecule has 0 spiro atoms. The van der Waals surface area contributed by atoms with E-state index in [4.69, 9.17) is 25.5 Å². The summed E-state index contributed by atoms with van der Waals surface area (Å²) in [6.07, 6.45) is 10.3. The third-order valence-corrected chi connectivity index (χ3v) is 5.27. The second kappa shape index (κ2) is 26.0. The molecule has 0 aliphatic rings. The highest BCUT2D eigenvalue weighted by Crippen LogP contribution is 2.11. The number of carboxylic acids is 2. The number of aliphatic carboxylic acids is 2. The molecule has 0 bridgehead atoms. The average molecular weight is 493 g/mol. The Morgan fingerprint density at radius 2 is 1.18 bits per heavy atom. The first-order valence-corrected chi connectivity index (χ1v) is 12.6. The van der Waals surface area contributed by atoms with Crippen LogP contribution in [0.2, 0.25) is 0 Å². The molecule has 0 fully saturated rings. The molecule has 202 valence electrons. The number of nitrogens with zero attached hydrogens (tertiary/aromatic N) is 1. The van der Waals surface area contributed by atoms with Crippen molar-refractivity contribution in [1.29, 1.82) is 0 Å². The summed E-state index contributed by atoms with van der Waals surface area (Å²) in [4.78, 5) is 35.2. The fraction of sp³-hybridized carbons (Fsp3) is 0.875. The van der Waals surface area contributed by atoms with E-state index in [0.717, 1.165) is 19.3 Å². The third kappa shape index (κ3) is 25.0. The number of hydrogen-bond donors (Lipinski definition) is 6. The summed E-state index contributed by atoms with van der Waals surface area (Å²) in [7, 11) is 0. The van der Waals surface area contributed by atoms with Crippen LogP contribution in [0.25, 0.3) is 0 Å². The minimum Gasteiger partial charge on any atom is -0.481 e. The zero-order chi connectivity index (χ0) is 26.0. The Balaban J connectivity index is 0. The average Bonchev–Trinajstić information content (AvgIpc) is 2.77. The zero-order valence-electron chi connectivity index (χ0n) is 20.9. The van der Waals surface area contributed by atoms with E-state index < -0.39 is 18.0 Å².